The zero-order valence-electron chi connectivity index (χ0n) is 17.2. The van der Waals surface area contributed by atoms with Gasteiger partial charge >= 0.3 is 0 Å². The molecule has 156 valence electrons. The Kier molecular flexibility index (Phi) is 5.03. The fourth-order valence-corrected chi connectivity index (χ4v) is 4.24. The summed E-state index contributed by atoms with van der Waals surface area (Å²) in [4.78, 5) is 8.87. The lowest BCUT2D eigenvalue weighted by Crippen LogP contribution is -2.34. The number of methoxy groups -OCH3 is 1. The minimum absolute atomic E-state index is 0.00133. The van der Waals surface area contributed by atoms with Crippen LogP contribution in [-0.4, -0.2) is 45.1 Å². The fourth-order valence-electron chi connectivity index (χ4n) is 4.24. The number of aliphatic imine (C=N–C) groups is 1. The highest BCUT2D eigenvalue weighted by molar-refractivity contribution is 6.07. The Morgan fingerprint density at radius 3 is 2.77 bits per heavy atom. The van der Waals surface area contributed by atoms with Crippen molar-refractivity contribution in [1.29, 1.82) is 10.8 Å². The maximum Gasteiger partial charge on any atom is 0.172 e. The molecule has 1 saturated carbocycles. The second-order valence-corrected chi connectivity index (χ2v) is 7.84. The number of fused-ring (bicyclic) bond motifs is 3. The average molecular weight is 406 g/mol. The van der Waals surface area contributed by atoms with Gasteiger partial charge in [0.15, 0.2) is 5.84 Å². The average Bonchev–Trinajstić information content (AvgIpc) is 3.35. The SMILES string of the molecule is COc1ccc2c(c1)C(N)=C(C=N)Cc1c(C(=N)N=C(C)C3(O)CCCC3)ncn1-2. The third-order valence-corrected chi connectivity index (χ3v) is 6.11. The number of hydrogen-bond acceptors (Lipinski definition) is 6. The molecule has 5 N–H and O–H groups in total. The lowest BCUT2D eigenvalue weighted by Gasteiger charge is -2.21. The number of nitrogens with two attached hydrogens (primary N) is 1. The summed E-state index contributed by atoms with van der Waals surface area (Å²) in [5, 5.41) is 27.2. The molecule has 0 unspecified atom stereocenters. The molecule has 2 heterocycles. The lowest BCUT2D eigenvalue weighted by atomic mass is 9.97. The van der Waals surface area contributed by atoms with E-state index in [-0.39, 0.29) is 5.84 Å². The Bertz CT molecular complexity index is 1090. The standard InChI is InChI=1S/C22H26N6O2/c1-13(22(29)7-3-4-8-22)27-21(25)20-18-9-14(11-23)19(24)16-10-15(30-2)5-6-17(16)28(18)12-26-20/h5-6,10-12,23,25,29H,3-4,7-9,24H2,1-2H3. The molecule has 2 aliphatic rings. The molecular weight excluding hydrogens is 380 g/mol. The summed E-state index contributed by atoms with van der Waals surface area (Å²) >= 11 is 0. The van der Waals surface area contributed by atoms with Gasteiger partial charge in [-0.25, -0.2) is 9.98 Å². The van der Waals surface area contributed by atoms with Gasteiger partial charge in [-0.3, -0.25) is 5.41 Å². The number of benzene rings is 1. The maximum absolute atomic E-state index is 10.8. The van der Waals surface area contributed by atoms with Crippen LogP contribution < -0.4 is 10.5 Å². The van der Waals surface area contributed by atoms with Gasteiger partial charge < -0.3 is 25.6 Å². The number of amidine groups is 1. The van der Waals surface area contributed by atoms with Crippen LogP contribution in [0.5, 0.6) is 5.75 Å². The van der Waals surface area contributed by atoms with E-state index in [9.17, 15) is 5.11 Å². The molecule has 1 aliphatic carbocycles. The summed E-state index contributed by atoms with van der Waals surface area (Å²) in [7, 11) is 1.59. The number of imidazole rings is 1. The number of rotatable bonds is 4. The number of hydrogen-bond donors (Lipinski definition) is 4. The monoisotopic (exact) mass is 406 g/mol. The summed E-state index contributed by atoms with van der Waals surface area (Å²) < 4.78 is 7.22. The highest BCUT2D eigenvalue weighted by Crippen LogP contribution is 2.34. The van der Waals surface area contributed by atoms with Gasteiger partial charge in [-0.2, -0.15) is 0 Å². The van der Waals surface area contributed by atoms with E-state index in [1.807, 2.05) is 22.8 Å². The molecule has 4 rings (SSSR count). The van der Waals surface area contributed by atoms with Crippen LogP contribution in [0.3, 0.4) is 0 Å². The number of allylic oxidation sites excluding steroid dienone is 1. The first kappa shape index (κ1) is 20.0. The molecule has 8 nitrogen and oxygen atoms in total. The van der Waals surface area contributed by atoms with E-state index >= 15 is 0 Å². The van der Waals surface area contributed by atoms with Crippen LogP contribution in [0.15, 0.2) is 35.1 Å². The normalized spacial score (nSPS) is 17.9. The molecule has 1 aromatic heterocycles. The van der Waals surface area contributed by atoms with E-state index in [4.69, 9.17) is 21.3 Å². The second kappa shape index (κ2) is 7.53. The van der Waals surface area contributed by atoms with Crippen molar-refractivity contribution in [2.75, 3.05) is 7.11 Å². The topological polar surface area (TPSA) is 133 Å². The molecule has 1 fully saturated rings. The number of aliphatic hydroxyl groups is 1. The van der Waals surface area contributed by atoms with Crippen molar-refractivity contribution < 1.29 is 9.84 Å². The van der Waals surface area contributed by atoms with Crippen LogP contribution >= 0.6 is 0 Å². The number of nitrogens with one attached hydrogen (secondary N) is 2. The van der Waals surface area contributed by atoms with Crippen LogP contribution in [0.2, 0.25) is 0 Å². The predicted octanol–water partition coefficient (Wildman–Crippen LogP) is 2.85. The van der Waals surface area contributed by atoms with Crippen molar-refractivity contribution in [2.45, 2.75) is 44.6 Å². The smallest absolute Gasteiger partial charge is 0.172 e. The van der Waals surface area contributed by atoms with Gasteiger partial charge in [-0.05, 0) is 43.5 Å². The molecule has 1 aliphatic heterocycles. The van der Waals surface area contributed by atoms with E-state index < -0.39 is 5.60 Å². The number of nitrogens with zero attached hydrogens (tertiary/aromatic N) is 3. The van der Waals surface area contributed by atoms with Crippen LogP contribution in [-0.2, 0) is 6.42 Å². The Hall–Kier alpha value is -3.26. The molecular formula is C22H26N6O2. The van der Waals surface area contributed by atoms with Gasteiger partial charge in [-0.1, -0.05) is 12.8 Å². The van der Waals surface area contributed by atoms with Gasteiger partial charge in [0.05, 0.1) is 18.5 Å². The highest BCUT2D eigenvalue weighted by Gasteiger charge is 2.34. The van der Waals surface area contributed by atoms with Crippen molar-refractivity contribution in [1.82, 2.24) is 9.55 Å². The zero-order chi connectivity index (χ0) is 21.5. The van der Waals surface area contributed by atoms with Crippen molar-refractivity contribution in [3.05, 3.63) is 47.1 Å². The Morgan fingerprint density at radius 2 is 2.10 bits per heavy atom. The van der Waals surface area contributed by atoms with Gasteiger partial charge in [0, 0.05) is 29.6 Å². The molecule has 0 amide bonds. The van der Waals surface area contributed by atoms with Gasteiger partial charge in [0.25, 0.3) is 0 Å². The first-order valence-corrected chi connectivity index (χ1v) is 9.99. The molecule has 0 spiro atoms. The van der Waals surface area contributed by atoms with E-state index in [0.717, 1.165) is 29.8 Å². The molecule has 0 atom stereocenters. The number of aromatic nitrogens is 2. The van der Waals surface area contributed by atoms with E-state index in [1.165, 1.54) is 6.21 Å². The van der Waals surface area contributed by atoms with Crippen molar-refractivity contribution in [3.63, 3.8) is 0 Å². The quantitative estimate of drug-likeness (QED) is 0.459. The summed E-state index contributed by atoms with van der Waals surface area (Å²) in [6.07, 6.45) is 6.51. The molecule has 1 aromatic carbocycles. The molecule has 0 bridgehead atoms. The zero-order valence-corrected chi connectivity index (χ0v) is 17.2. The Labute approximate surface area is 175 Å². The van der Waals surface area contributed by atoms with Crippen LogP contribution in [0.4, 0.5) is 0 Å². The van der Waals surface area contributed by atoms with Gasteiger partial charge in [0.2, 0.25) is 0 Å². The van der Waals surface area contributed by atoms with Crippen LogP contribution in [0.1, 0.15) is 49.6 Å². The third-order valence-electron chi connectivity index (χ3n) is 6.11. The van der Waals surface area contributed by atoms with Crippen molar-refractivity contribution in [2.24, 2.45) is 10.7 Å². The second-order valence-electron chi connectivity index (χ2n) is 7.84. The van der Waals surface area contributed by atoms with Crippen molar-refractivity contribution >= 4 is 23.5 Å². The molecule has 0 radical (unpaired) electrons. The minimum Gasteiger partial charge on any atom is -0.497 e. The third kappa shape index (κ3) is 3.23. The van der Waals surface area contributed by atoms with Crippen LogP contribution in [0, 0.1) is 10.8 Å². The van der Waals surface area contributed by atoms with Gasteiger partial charge in [0.1, 0.15) is 23.4 Å². The molecule has 30 heavy (non-hydrogen) atoms. The first-order chi connectivity index (χ1) is 14.4. The number of ether oxygens (including phenoxy) is 1. The van der Waals surface area contributed by atoms with E-state index in [1.54, 1.807) is 20.4 Å². The summed E-state index contributed by atoms with van der Waals surface area (Å²) in [6, 6.07) is 5.57. The fraction of sp³-hybridized carbons (Fsp3) is 0.364. The largest absolute Gasteiger partial charge is 0.497 e. The summed E-state index contributed by atoms with van der Waals surface area (Å²) in [6.45, 7) is 1.77. The van der Waals surface area contributed by atoms with Gasteiger partial charge in [-0.15, -0.1) is 0 Å². The van der Waals surface area contributed by atoms with Crippen LogP contribution in [0.25, 0.3) is 11.4 Å². The first-order valence-electron chi connectivity index (χ1n) is 9.99. The maximum atomic E-state index is 10.8. The highest BCUT2D eigenvalue weighted by atomic mass is 16.5. The Balaban J connectivity index is 1.81. The molecule has 0 saturated heterocycles. The van der Waals surface area contributed by atoms with Crippen molar-refractivity contribution in [3.8, 4) is 11.4 Å². The molecule has 2 aromatic rings. The van der Waals surface area contributed by atoms with E-state index in [2.05, 4.69) is 9.98 Å². The van der Waals surface area contributed by atoms with E-state index in [0.29, 0.717) is 47.7 Å². The summed E-state index contributed by atoms with van der Waals surface area (Å²) in [5.41, 5.74) is 9.86. The lowest BCUT2D eigenvalue weighted by molar-refractivity contribution is 0.120. The Morgan fingerprint density at radius 1 is 1.37 bits per heavy atom. The minimum atomic E-state index is -0.934. The predicted molar refractivity (Wildman–Crippen MR) is 117 cm³/mol. The molecule has 8 heteroatoms. The summed E-state index contributed by atoms with van der Waals surface area (Å²) in [5.74, 6) is 0.670.